The number of phenols is 2. The zero-order chi connectivity index (χ0) is 14.6. The first-order valence-electron chi connectivity index (χ1n) is 5.24. The molecule has 0 saturated carbocycles. The van der Waals surface area contributed by atoms with Gasteiger partial charge in [0.25, 0.3) is 5.91 Å². The summed E-state index contributed by atoms with van der Waals surface area (Å²) in [6.07, 6.45) is -3.42. The molecule has 1 amide bonds. The molecule has 104 valence electrons. The average Bonchev–Trinajstić information content (AvgIpc) is 2.30. The lowest BCUT2D eigenvalue weighted by Gasteiger charge is -2.23. The lowest BCUT2D eigenvalue weighted by atomic mass is 10.1. The van der Waals surface area contributed by atoms with Crippen LogP contribution in [-0.4, -0.2) is 40.3 Å². The zero-order valence-electron chi connectivity index (χ0n) is 9.81. The maximum absolute atomic E-state index is 12.3. The van der Waals surface area contributed by atoms with Gasteiger partial charge in [0.15, 0.2) is 11.5 Å². The van der Waals surface area contributed by atoms with Crippen LogP contribution in [0.1, 0.15) is 10.4 Å². The van der Waals surface area contributed by atoms with Crippen molar-refractivity contribution in [3.63, 3.8) is 0 Å². The number of carbonyl (C=O) groups excluding carboxylic acids is 1. The van der Waals surface area contributed by atoms with Crippen molar-refractivity contribution < 1.29 is 28.2 Å². The molecule has 1 aromatic carbocycles. The number of amides is 1. The predicted octanol–water partition coefficient (Wildman–Crippen LogP) is 2.29. The molecule has 0 heterocycles. The third-order valence-corrected chi connectivity index (χ3v) is 2.25. The van der Waals surface area contributed by atoms with Gasteiger partial charge in [0.1, 0.15) is 6.54 Å². The van der Waals surface area contributed by atoms with E-state index in [1.54, 1.807) is 0 Å². The molecule has 1 aromatic rings. The smallest absolute Gasteiger partial charge is 0.406 e. The summed E-state index contributed by atoms with van der Waals surface area (Å²) >= 11 is 0. The molecule has 0 radical (unpaired) electrons. The van der Waals surface area contributed by atoms with Gasteiger partial charge in [-0.05, 0) is 12.1 Å². The van der Waals surface area contributed by atoms with Crippen molar-refractivity contribution in [1.29, 1.82) is 0 Å². The lowest BCUT2D eigenvalue weighted by Crippen LogP contribution is -2.39. The number of aromatic hydroxyl groups is 2. The number of alkyl halides is 3. The number of phenolic OH excluding ortho intramolecular Hbond substituents is 2. The van der Waals surface area contributed by atoms with Gasteiger partial charge in [-0.25, -0.2) is 0 Å². The van der Waals surface area contributed by atoms with Crippen LogP contribution in [-0.2, 0) is 0 Å². The van der Waals surface area contributed by atoms with Crippen LogP contribution in [0.4, 0.5) is 13.2 Å². The Morgan fingerprint density at radius 1 is 1.37 bits per heavy atom. The van der Waals surface area contributed by atoms with Crippen LogP contribution in [0.3, 0.4) is 0 Å². The second-order valence-corrected chi connectivity index (χ2v) is 3.76. The second kappa shape index (κ2) is 5.64. The van der Waals surface area contributed by atoms with E-state index in [4.69, 9.17) is 0 Å². The van der Waals surface area contributed by atoms with Gasteiger partial charge in [0, 0.05) is 6.54 Å². The molecule has 2 N–H and O–H groups in total. The summed E-state index contributed by atoms with van der Waals surface area (Å²) in [5, 5.41) is 18.7. The van der Waals surface area contributed by atoms with E-state index in [0.717, 1.165) is 18.2 Å². The maximum atomic E-state index is 12.3. The fourth-order valence-corrected chi connectivity index (χ4v) is 1.47. The first-order valence-corrected chi connectivity index (χ1v) is 5.24. The quantitative estimate of drug-likeness (QED) is 0.654. The predicted molar refractivity (Wildman–Crippen MR) is 61.9 cm³/mol. The third-order valence-electron chi connectivity index (χ3n) is 2.25. The molecule has 4 nitrogen and oxygen atoms in total. The topological polar surface area (TPSA) is 60.8 Å². The lowest BCUT2D eigenvalue weighted by molar-refractivity contribution is -0.139. The normalized spacial score (nSPS) is 11.1. The van der Waals surface area contributed by atoms with Crippen LogP contribution >= 0.6 is 0 Å². The van der Waals surface area contributed by atoms with Gasteiger partial charge >= 0.3 is 6.18 Å². The van der Waals surface area contributed by atoms with E-state index in [9.17, 15) is 28.2 Å². The molecule has 0 fully saturated rings. The van der Waals surface area contributed by atoms with Crippen LogP contribution in [0.15, 0.2) is 30.9 Å². The van der Waals surface area contributed by atoms with Crippen molar-refractivity contribution in [2.45, 2.75) is 6.18 Å². The molecule has 0 aliphatic rings. The molecule has 19 heavy (non-hydrogen) atoms. The summed E-state index contributed by atoms with van der Waals surface area (Å²) in [5.74, 6) is -2.36. The molecule has 0 bridgehead atoms. The highest BCUT2D eigenvalue weighted by atomic mass is 19.4. The van der Waals surface area contributed by atoms with Gasteiger partial charge in [-0.3, -0.25) is 4.79 Å². The number of hydrogen-bond acceptors (Lipinski definition) is 3. The number of carbonyl (C=O) groups is 1. The van der Waals surface area contributed by atoms with Gasteiger partial charge in [-0.1, -0.05) is 12.1 Å². The molecule has 0 aliphatic carbocycles. The highest BCUT2D eigenvalue weighted by Crippen LogP contribution is 2.29. The standard InChI is InChI=1S/C12H12F3NO3/c1-2-6-16(7-12(13,14)15)11(19)8-4-3-5-9(17)10(8)18/h2-5,17-18H,1,6-7H2. The van der Waals surface area contributed by atoms with Crippen LogP contribution in [0.5, 0.6) is 11.5 Å². The fraction of sp³-hybridized carbons (Fsp3) is 0.250. The van der Waals surface area contributed by atoms with E-state index in [1.807, 2.05) is 0 Å². The number of para-hydroxylation sites is 1. The van der Waals surface area contributed by atoms with E-state index < -0.39 is 35.7 Å². The van der Waals surface area contributed by atoms with Crippen molar-refractivity contribution in [1.82, 2.24) is 4.90 Å². The first-order chi connectivity index (χ1) is 8.76. The molecular weight excluding hydrogens is 263 g/mol. The summed E-state index contributed by atoms with van der Waals surface area (Å²) in [4.78, 5) is 12.4. The molecule has 1 rings (SSSR count). The minimum Gasteiger partial charge on any atom is -0.504 e. The second-order valence-electron chi connectivity index (χ2n) is 3.76. The maximum Gasteiger partial charge on any atom is 0.406 e. The molecule has 0 saturated heterocycles. The largest absolute Gasteiger partial charge is 0.504 e. The summed E-state index contributed by atoms with van der Waals surface area (Å²) in [6.45, 7) is 1.48. The van der Waals surface area contributed by atoms with Gasteiger partial charge in [-0.2, -0.15) is 13.2 Å². The Hall–Kier alpha value is -2.18. The van der Waals surface area contributed by atoms with Crippen LogP contribution in [0, 0.1) is 0 Å². The van der Waals surface area contributed by atoms with Gasteiger partial charge in [0.2, 0.25) is 0 Å². The Bertz CT molecular complexity index is 486. The monoisotopic (exact) mass is 275 g/mol. The number of nitrogens with zero attached hydrogens (tertiary/aromatic N) is 1. The summed E-state index contributed by atoms with van der Waals surface area (Å²) in [7, 11) is 0. The van der Waals surface area contributed by atoms with Crippen molar-refractivity contribution in [2.75, 3.05) is 13.1 Å². The van der Waals surface area contributed by atoms with Gasteiger partial charge < -0.3 is 15.1 Å². The minimum atomic E-state index is -4.56. The summed E-state index contributed by atoms with van der Waals surface area (Å²) in [6, 6.07) is 3.50. The highest BCUT2D eigenvalue weighted by Gasteiger charge is 2.33. The summed E-state index contributed by atoms with van der Waals surface area (Å²) < 4.78 is 37.0. The molecule has 0 aliphatic heterocycles. The Morgan fingerprint density at radius 3 is 2.53 bits per heavy atom. The van der Waals surface area contributed by atoms with Gasteiger partial charge in [-0.15, -0.1) is 6.58 Å². The molecular formula is C12H12F3NO3. The Morgan fingerprint density at radius 2 is 2.00 bits per heavy atom. The van der Waals surface area contributed by atoms with Crippen LogP contribution < -0.4 is 0 Å². The Labute approximate surface area is 107 Å². The van der Waals surface area contributed by atoms with Crippen molar-refractivity contribution in [3.8, 4) is 11.5 Å². The average molecular weight is 275 g/mol. The van der Waals surface area contributed by atoms with Crippen molar-refractivity contribution in [3.05, 3.63) is 36.4 Å². The number of halogens is 3. The van der Waals surface area contributed by atoms with E-state index in [-0.39, 0.29) is 6.54 Å². The Balaban J connectivity index is 3.06. The number of hydrogen-bond donors (Lipinski definition) is 2. The molecule has 0 unspecified atom stereocenters. The molecule has 0 spiro atoms. The van der Waals surface area contributed by atoms with Gasteiger partial charge in [0.05, 0.1) is 5.56 Å². The molecule has 7 heteroatoms. The first kappa shape index (κ1) is 14.9. The minimum absolute atomic E-state index is 0.326. The number of rotatable bonds is 4. The molecule has 0 aromatic heterocycles. The van der Waals surface area contributed by atoms with E-state index in [1.165, 1.54) is 6.07 Å². The van der Waals surface area contributed by atoms with E-state index in [2.05, 4.69) is 6.58 Å². The SMILES string of the molecule is C=CCN(CC(F)(F)F)C(=O)c1cccc(O)c1O. The summed E-state index contributed by atoms with van der Waals surface area (Å²) in [5.41, 5.74) is -0.397. The van der Waals surface area contributed by atoms with Crippen LogP contribution in [0.2, 0.25) is 0 Å². The van der Waals surface area contributed by atoms with Crippen molar-refractivity contribution in [2.24, 2.45) is 0 Å². The Kier molecular flexibility index (Phi) is 4.42. The van der Waals surface area contributed by atoms with E-state index >= 15 is 0 Å². The fourth-order valence-electron chi connectivity index (χ4n) is 1.47. The molecule has 0 atom stereocenters. The third kappa shape index (κ3) is 3.90. The van der Waals surface area contributed by atoms with Crippen LogP contribution in [0.25, 0.3) is 0 Å². The zero-order valence-corrected chi connectivity index (χ0v) is 9.81. The number of benzene rings is 1. The van der Waals surface area contributed by atoms with Crippen molar-refractivity contribution >= 4 is 5.91 Å². The van der Waals surface area contributed by atoms with E-state index in [0.29, 0.717) is 4.90 Å². The highest BCUT2D eigenvalue weighted by molar-refractivity contribution is 5.97.